The number of carbonyl (C=O) groups is 5. The van der Waals surface area contributed by atoms with Crippen molar-refractivity contribution in [2.45, 2.75) is 19.8 Å². The standard InChI is InChI=1S/C22H20N2O7/c1-2-30-21(28)14-6-8-16(9-7-14)23-18(25)13-31-22(29)15-4-3-5-17(12-15)24-19(26)10-11-20(24)27/h3-9,12H,2,10-11,13H2,1H3,(H,23,25). The van der Waals surface area contributed by atoms with Crippen LogP contribution in [0.15, 0.2) is 48.5 Å². The molecule has 31 heavy (non-hydrogen) atoms. The summed E-state index contributed by atoms with van der Waals surface area (Å²) < 4.78 is 9.90. The molecule has 2 aromatic carbocycles. The molecule has 1 N–H and O–H groups in total. The normalized spacial score (nSPS) is 13.1. The average molecular weight is 424 g/mol. The zero-order valence-corrected chi connectivity index (χ0v) is 16.8. The van der Waals surface area contributed by atoms with Crippen molar-refractivity contribution in [3.05, 3.63) is 59.7 Å². The molecular weight excluding hydrogens is 404 g/mol. The highest BCUT2D eigenvalue weighted by atomic mass is 16.5. The zero-order valence-electron chi connectivity index (χ0n) is 16.8. The van der Waals surface area contributed by atoms with E-state index < -0.39 is 24.5 Å². The minimum absolute atomic E-state index is 0.108. The minimum Gasteiger partial charge on any atom is -0.462 e. The molecule has 3 rings (SSSR count). The van der Waals surface area contributed by atoms with Gasteiger partial charge in [0.25, 0.3) is 5.91 Å². The van der Waals surface area contributed by atoms with Crippen molar-refractivity contribution in [3.63, 3.8) is 0 Å². The second-order valence-electron chi connectivity index (χ2n) is 6.60. The summed E-state index contributed by atoms with van der Waals surface area (Å²) in [5.41, 5.74) is 1.16. The number of rotatable bonds is 7. The second kappa shape index (κ2) is 9.66. The summed E-state index contributed by atoms with van der Waals surface area (Å²) in [5.74, 6) is -2.46. The maximum absolute atomic E-state index is 12.3. The Kier molecular flexibility index (Phi) is 6.76. The Morgan fingerprint density at radius 1 is 0.903 bits per heavy atom. The lowest BCUT2D eigenvalue weighted by atomic mass is 10.2. The first kappa shape index (κ1) is 21.7. The fourth-order valence-corrected chi connectivity index (χ4v) is 2.95. The molecule has 0 aromatic heterocycles. The third-order valence-corrected chi connectivity index (χ3v) is 4.41. The van der Waals surface area contributed by atoms with Crippen molar-refractivity contribution in [2.24, 2.45) is 0 Å². The molecule has 1 fully saturated rings. The number of imide groups is 1. The number of hydrogen-bond acceptors (Lipinski definition) is 7. The molecule has 1 aliphatic rings. The lowest BCUT2D eigenvalue weighted by Gasteiger charge is -2.14. The Bertz CT molecular complexity index is 1010. The smallest absolute Gasteiger partial charge is 0.338 e. The first-order valence-corrected chi connectivity index (χ1v) is 9.59. The predicted octanol–water partition coefficient (Wildman–Crippen LogP) is 2.31. The molecule has 0 unspecified atom stereocenters. The van der Waals surface area contributed by atoms with Crippen LogP contribution in [0.4, 0.5) is 11.4 Å². The van der Waals surface area contributed by atoms with Crippen LogP contribution in [0.5, 0.6) is 0 Å². The Morgan fingerprint density at radius 2 is 1.55 bits per heavy atom. The lowest BCUT2D eigenvalue weighted by Crippen LogP contribution is -2.28. The van der Waals surface area contributed by atoms with E-state index in [1.165, 1.54) is 42.5 Å². The molecule has 160 valence electrons. The van der Waals surface area contributed by atoms with Crippen LogP contribution in [0.25, 0.3) is 0 Å². The van der Waals surface area contributed by atoms with Crippen molar-refractivity contribution in [1.82, 2.24) is 0 Å². The maximum atomic E-state index is 12.3. The van der Waals surface area contributed by atoms with Gasteiger partial charge in [-0.3, -0.25) is 19.3 Å². The molecule has 1 saturated heterocycles. The first-order chi connectivity index (χ1) is 14.9. The van der Waals surface area contributed by atoms with E-state index in [4.69, 9.17) is 9.47 Å². The van der Waals surface area contributed by atoms with E-state index in [0.29, 0.717) is 11.3 Å². The topological polar surface area (TPSA) is 119 Å². The van der Waals surface area contributed by atoms with Gasteiger partial charge >= 0.3 is 11.9 Å². The van der Waals surface area contributed by atoms with E-state index in [-0.39, 0.29) is 42.5 Å². The van der Waals surface area contributed by atoms with Gasteiger partial charge in [-0.1, -0.05) is 6.07 Å². The predicted molar refractivity (Wildman–Crippen MR) is 109 cm³/mol. The van der Waals surface area contributed by atoms with Crippen molar-refractivity contribution >= 4 is 41.0 Å². The molecule has 2 aromatic rings. The van der Waals surface area contributed by atoms with Crippen LogP contribution in [-0.2, 0) is 23.9 Å². The van der Waals surface area contributed by atoms with Crippen LogP contribution in [0, 0.1) is 0 Å². The van der Waals surface area contributed by atoms with Gasteiger partial charge in [-0.05, 0) is 49.4 Å². The molecule has 0 saturated carbocycles. The zero-order chi connectivity index (χ0) is 22.4. The van der Waals surface area contributed by atoms with Gasteiger partial charge in [0.1, 0.15) is 0 Å². The third-order valence-electron chi connectivity index (χ3n) is 4.41. The number of nitrogens with one attached hydrogen (secondary N) is 1. The van der Waals surface area contributed by atoms with Gasteiger partial charge in [0, 0.05) is 18.5 Å². The van der Waals surface area contributed by atoms with E-state index in [1.54, 1.807) is 13.0 Å². The average Bonchev–Trinajstić information content (AvgIpc) is 3.10. The molecule has 1 aliphatic heterocycles. The van der Waals surface area contributed by atoms with Gasteiger partial charge in [0.2, 0.25) is 11.8 Å². The summed E-state index contributed by atoms with van der Waals surface area (Å²) in [5, 5.41) is 2.55. The number of nitrogens with zero attached hydrogens (tertiary/aromatic N) is 1. The van der Waals surface area contributed by atoms with E-state index in [1.807, 2.05) is 0 Å². The molecule has 3 amide bonds. The number of esters is 2. The molecule has 1 heterocycles. The van der Waals surface area contributed by atoms with Crippen LogP contribution in [0.3, 0.4) is 0 Å². The second-order valence-corrected chi connectivity index (χ2v) is 6.60. The summed E-state index contributed by atoms with van der Waals surface area (Å²) in [4.78, 5) is 60.7. The fourth-order valence-electron chi connectivity index (χ4n) is 2.95. The molecule has 0 bridgehead atoms. The fraction of sp³-hybridized carbons (Fsp3) is 0.227. The Morgan fingerprint density at radius 3 is 2.19 bits per heavy atom. The molecule has 0 aliphatic carbocycles. The van der Waals surface area contributed by atoms with Gasteiger partial charge in [-0.2, -0.15) is 0 Å². The van der Waals surface area contributed by atoms with Crippen LogP contribution < -0.4 is 10.2 Å². The largest absolute Gasteiger partial charge is 0.462 e. The highest BCUT2D eigenvalue weighted by molar-refractivity contribution is 6.20. The van der Waals surface area contributed by atoms with Crippen LogP contribution in [0.2, 0.25) is 0 Å². The van der Waals surface area contributed by atoms with Crippen molar-refractivity contribution in [3.8, 4) is 0 Å². The number of hydrogen-bond donors (Lipinski definition) is 1. The SMILES string of the molecule is CCOC(=O)c1ccc(NC(=O)COC(=O)c2cccc(N3C(=O)CCC3=O)c2)cc1. The van der Waals surface area contributed by atoms with Crippen LogP contribution in [-0.4, -0.2) is 42.9 Å². The summed E-state index contributed by atoms with van der Waals surface area (Å²) >= 11 is 0. The maximum Gasteiger partial charge on any atom is 0.338 e. The minimum atomic E-state index is -0.770. The lowest BCUT2D eigenvalue weighted by molar-refractivity contribution is -0.121. The number of benzene rings is 2. The van der Waals surface area contributed by atoms with Gasteiger partial charge in [-0.25, -0.2) is 9.59 Å². The monoisotopic (exact) mass is 424 g/mol. The number of ether oxygens (including phenoxy) is 2. The third kappa shape index (κ3) is 5.33. The summed E-state index contributed by atoms with van der Waals surface area (Å²) in [6, 6.07) is 12.0. The molecule has 0 spiro atoms. The number of carbonyl (C=O) groups excluding carboxylic acids is 5. The van der Waals surface area contributed by atoms with Crippen molar-refractivity contribution < 1.29 is 33.4 Å². The Balaban J connectivity index is 1.55. The van der Waals surface area contributed by atoms with E-state index in [9.17, 15) is 24.0 Å². The number of anilines is 2. The van der Waals surface area contributed by atoms with Gasteiger partial charge in [0.05, 0.1) is 23.4 Å². The molecule has 0 radical (unpaired) electrons. The van der Waals surface area contributed by atoms with E-state index in [0.717, 1.165) is 4.90 Å². The van der Waals surface area contributed by atoms with Gasteiger partial charge in [-0.15, -0.1) is 0 Å². The first-order valence-electron chi connectivity index (χ1n) is 9.59. The Hall–Kier alpha value is -4.01. The van der Waals surface area contributed by atoms with E-state index >= 15 is 0 Å². The Labute approximate surface area is 177 Å². The van der Waals surface area contributed by atoms with Crippen molar-refractivity contribution in [1.29, 1.82) is 0 Å². The molecular formula is C22H20N2O7. The van der Waals surface area contributed by atoms with Gasteiger partial charge < -0.3 is 14.8 Å². The van der Waals surface area contributed by atoms with Gasteiger partial charge in [0.15, 0.2) is 6.61 Å². The quantitative estimate of drug-likeness (QED) is 0.535. The van der Waals surface area contributed by atoms with Crippen LogP contribution >= 0.6 is 0 Å². The molecule has 9 nitrogen and oxygen atoms in total. The summed E-state index contributed by atoms with van der Waals surface area (Å²) in [6.07, 6.45) is 0.267. The van der Waals surface area contributed by atoms with Crippen molar-refractivity contribution in [2.75, 3.05) is 23.4 Å². The molecule has 9 heteroatoms. The highest BCUT2D eigenvalue weighted by Crippen LogP contribution is 2.23. The number of amides is 3. The van der Waals surface area contributed by atoms with Crippen LogP contribution in [0.1, 0.15) is 40.5 Å². The van der Waals surface area contributed by atoms with E-state index in [2.05, 4.69) is 5.32 Å². The summed E-state index contributed by atoms with van der Waals surface area (Å²) in [6.45, 7) is 1.43. The molecule has 0 atom stereocenters. The summed E-state index contributed by atoms with van der Waals surface area (Å²) in [7, 11) is 0. The highest BCUT2D eigenvalue weighted by Gasteiger charge is 2.30.